The molecule has 0 saturated heterocycles. The predicted octanol–water partition coefficient (Wildman–Crippen LogP) is 2.68. The Morgan fingerprint density at radius 1 is 0.920 bits per heavy atom. The molecular formula is C17H22N2O6. The van der Waals surface area contributed by atoms with Gasteiger partial charge in [0, 0.05) is 11.4 Å². The molecule has 0 bridgehead atoms. The highest BCUT2D eigenvalue weighted by atomic mass is 16.6. The summed E-state index contributed by atoms with van der Waals surface area (Å²) in [5.41, 5.74) is 0.341. The van der Waals surface area contributed by atoms with E-state index in [4.69, 9.17) is 4.74 Å². The summed E-state index contributed by atoms with van der Waals surface area (Å²) in [7, 11) is 2.40. The van der Waals surface area contributed by atoms with Crippen LogP contribution < -0.4 is 10.6 Å². The molecule has 8 heteroatoms. The standard InChI is InChI=1S/C17H22N2O6/c1-17(2,3)25-16(22)19-12-8-6-11(7-9-12)18-13(15(21)24-5)10-14(20)23-4/h6-10,18H,1-5H3,(H,19,22)/b13-10+. The number of hydrogen-bond acceptors (Lipinski definition) is 7. The summed E-state index contributed by atoms with van der Waals surface area (Å²) in [4.78, 5) is 34.7. The van der Waals surface area contributed by atoms with Crippen molar-refractivity contribution in [3.8, 4) is 0 Å². The highest BCUT2D eigenvalue weighted by Gasteiger charge is 2.16. The summed E-state index contributed by atoms with van der Waals surface area (Å²) in [6.07, 6.45) is 0.410. The van der Waals surface area contributed by atoms with Crippen LogP contribution in [0.1, 0.15) is 20.8 Å². The first-order valence-corrected chi connectivity index (χ1v) is 7.39. The number of carbonyl (C=O) groups is 3. The lowest BCUT2D eigenvalue weighted by Gasteiger charge is -2.19. The third-order valence-corrected chi connectivity index (χ3v) is 2.68. The molecular weight excluding hydrogens is 328 g/mol. The van der Waals surface area contributed by atoms with Crippen molar-refractivity contribution in [1.82, 2.24) is 0 Å². The highest BCUT2D eigenvalue weighted by molar-refractivity contribution is 5.98. The maximum atomic E-state index is 11.7. The number of amides is 1. The molecule has 0 spiro atoms. The summed E-state index contributed by atoms with van der Waals surface area (Å²) in [6.45, 7) is 5.30. The number of carbonyl (C=O) groups excluding carboxylic acids is 3. The Balaban J connectivity index is 2.80. The molecule has 1 amide bonds. The smallest absolute Gasteiger partial charge is 0.412 e. The van der Waals surface area contributed by atoms with Gasteiger partial charge in [-0.2, -0.15) is 0 Å². The molecule has 0 aliphatic carbocycles. The van der Waals surface area contributed by atoms with Crippen LogP contribution in [0.4, 0.5) is 16.2 Å². The minimum absolute atomic E-state index is 0.0813. The van der Waals surface area contributed by atoms with Gasteiger partial charge in [0.25, 0.3) is 0 Å². The number of benzene rings is 1. The van der Waals surface area contributed by atoms with E-state index >= 15 is 0 Å². The van der Waals surface area contributed by atoms with Crippen LogP contribution in [0.15, 0.2) is 36.0 Å². The van der Waals surface area contributed by atoms with E-state index in [0.717, 1.165) is 6.08 Å². The highest BCUT2D eigenvalue weighted by Crippen LogP contribution is 2.17. The van der Waals surface area contributed by atoms with E-state index in [1.165, 1.54) is 14.2 Å². The minimum Gasteiger partial charge on any atom is -0.466 e. The lowest BCUT2D eigenvalue weighted by Crippen LogP contribution is -2.27. The average molecular weight is 350 g/mol. The van der Waals surface area contributed by atoms with Crippen LogP contribution in [0.5, 0.6) is 0 Å². The van der Waals surface area contributed by atoms with Gasteiger partial charge in [0.05, 0.1) is 20.3 Å². The Kier molecular flexibility index (Phi) is 6.98. The zero-order valence-electron chi connectivity index (χ0n) is 14.8. The van der Waals surface area contributed by atoms with Crippen LogP contribution >= 0.6 is 0 Å². The van der Waals surface area contributed by atoms with Crippen LogP contribution in [-0.4, -0.2) is 37.9 Å². The van der Waals surface area contributed by atoms with Crippen molar-refractivity contribution in [2.45, 2.75) is 26.4 Å². The maximum absolute atomic E-state index is 11.7. The molecule has 0 heterocycles. The molecule has 1 rings (SSSR count). The lowest BCUT2D eigenvalue weighted by molar-refractivity contribution is -0.138. The number of esters is 2. The Bertz CT molecular complexity index is 659. The van der Waals surface area contributed by atoms with Gasteiger partial charge in [0.15, 0.2) is 0 Å². The van der Waals surface area contributed by atoms with Gasteiger partial charge < -0.3 is 19.5 Å². The maximum Gasteiger partial charge on any atom is 0.412 e. The van der Waals surface area contributed by atoms with Crippen LogP contribution in [0.2, 0.25) is 0 Å². The van der Waals surface area contributed by atoms with Gasteiger partial charge in [-0.15, -0.1) is 0 Å². The Labute approximate surface area is 146 Å². The molecule has 2 N–H and O–H groups in total. The van der Waals surface area contributed by atoms with E-state index in [1.807, 2.05) is 0 Å². The second-order valence-corrected chi connectivity index (χ2v) is 5.90. The quantitative estimate of drug-likeness (QED) is 0.478. The van der Waals surface area contributed by atoms with E-state index < -0.39 is 23.6 Å². The molecule has 1 aromatic carbocycles. The van der Waals surface area contributed by atoms with E-state index in [9.17, 15) is 14.4 Å². The van der Waals surface area contributed by atoms with Crippen molar-refractivity contribution >= 4 is 29.4 Å². The van der Waals surface area contributed by atoms with Crippen LogP contribution in [0.3, 0.4) is 0 Å². The first-order chi connectivity index (χ1) is 11.6. The third-order valence-electron chi connectivity index (χ3n) is 2.68. The summed E-state index contributed by atoms with van der Waals surface area (Å²) in [5, 5.41) is 5.34. The number of methoxy groups -OCH3 is 2. The van der Waals surface area contributed by atoms with Crippen molar-refractivity contribution < 1.29 is 28.6 Å². The number of nitrogens with one attached hydrogen (secondary N) is 2. The molecule has 0 saturated carbocycles. The van der Waals surface area contributed by atoms with Crippen molar-refractivity contribution in [1.29, 1.82) is 0 Å². The van der Waals surface area contributed by atoms with Gasteiger partial charge in [0.2, 0.25) is 0 Å². The zero-order chi connectivity index (χ0) is 19.0. The lowest BCUT2D eigenvalue weighted by atomic mass is 10.2. The fourth-order valence-electron chi connectivity index (χ4n) is 1.65. The molecule has 8 nitrogen and oxygen atoms in total. The average Bonchev–Trinajstić information content (AvgIpc) is 2.53. The number of ether oxygens (including phenoxy) is 3. The Hall–Kier alpha value is -3.03. The van der Waals surface area contributed by atoms with Crippen molar-refractivity contribution in [2.75, 3.05) is 24.9 Å². The zero-order valence-corrected chi connectivity index (χ0v) is 14.8. The van der Waals surface area contributed by atoms with Crippen molar-refractivity contribution in [3.63, 3.8) is 0 Å². The fraction of sp³-hybridized carbons (Fsp3) is 0.353. The van der Waals surface area contributed by atoms with Gasteiger partial charge in [-0.1, -0.05) is 0 Å². The van der Waals surface area contributed by atoms with Gasteiger partial charge in [0.1, 0.15) is 11.3 Å². The van der Waals surface area contributed by atoms with E-state index in [-0.39, 0.29) is 5.70 Å². The molecule has 0 unspecified atom stereocenters. The van der Waals surface area contributed by atoms with Gasteiger partial charge in [-0.25, -0.2) is 14.4 Å². The summed E-state index contributed by atoms with van der Waals surface area (Å²) in [6, 6.07) is 6.44. The molecule has 1 aromatic rings. The molecule has 25 heavy (non-hydrogen) atoms. The van der Waals surface area contributed by atoms with E-state index in [2.05, 4.69) is 20.1 Å². The summed E-state index contributed by atoms with van der Waals surface area (Å²) in [5.74, 6) is -1.42. The van der Waals surface area contributed by atoms with Gasteiger partial charge in [-0.05, 0) is 45.0 Å². The molecule has 136 valence electrons. The molecule has 0 atom stereocenters. The molecule has 0 aliphatic rings. The summed E-state index contributed by atoms with van der Waals surface area (Å²) < 4.78 is 14.2. The number of rotatable bonds is 5. The third kappa shape index (κ3) is 7.38. The first kappa shape index (κ1) is 20.0. The monoisotopic (exact) mass is 350 g/mol. The Morgan fingerprint density at radius 2 is 1.44 bits per heavy atom. The van der Waals surface area contributed by atoms with Crippen LogP contribution in [-0.2, 0) is 23.8 Å². The Morgan fingerprint density at radius 3 is 1.88 bits per heavy atom. The van der Waals surface area contributed by atoms with Crippen molar-refractivity contribution in [2.24, 2.45) is 0 Å². The summed E-state index contributed by atoms with van der Waals surface area (Å²) >= 11 is 0. The predicted molar refractivity (Wildman–Crippen MR) is 92.0 cm³/mol. The van der Waals surface area contributed by atoms with E-state index in [1.54, 1.807) is 45.0 Å². The van der Waals surface area contributed by atoms with Gasteiger partial charge in [-0.3, -0.25) is 5.32 Å². The number of hydrogen-bond donors (Lipinski definition) is 2. The number of anilines is 2. The van der Waals surface area contributed by atoms with Crippen molar-refractivity contribution in [3.05, 3.63) is 36.0 Å². The van der Waals surface area contributed by atoms with Gasteiger partial charge >= 0.3 is 18.0 Å². The topological polar surface area (TPSA) is 103 Å². The SMILES string of the molecule is COC(=O)/C=C(/Nc1ccc(NC(=O)OC(C)(C)C)cc1)C(=O)OC. The second kappa shape index (κ2) is 8.72. The largest absolute Gasteiger partial charge is 0.466 e. The van der Waals surface area contributed by atoms with Crippen LogP contribution in [0.25, 0.3) is 0 Å². The molecule has 0 radical (unpaired) electrons. The molecule has 0 fully saturated rings. The molecule has 0 aromatic heterocycles. The molecule has 0 aliphatic heterocycles. The van der Waals surface area contributed by atoms with Crippen LogP contribution in [0, 0.1) is 0 Å². The minimum atomic E-state index is -0.721. The van der Waals surface area contributed by atoms with E-state index in [0.29, 0.717) is 11.4 Å². The normalized spacial score (nSPS) is 11.3. The first-order valence-electron chi connectivity index (χ1n) is 7.39. The second-order valence-electron chi connectivity index (χ2n) is 5.90. The fourth-order valence-corrected chi connectivity index (χ4v) is 1.65.